The first-order chi connectivity index (χ1) is 12.4. The minimum absolute atomic E-state index is 0.122. The quantitative estimate of drug-likeness (QED) is 0.764. The lowest BCUT2D eigenvalue weighted by molar-refractivity contribution is -0.140. The van der Waals surface area contributed by atoms with Crippen LogP contribution in [0.5, 0.6) is 0 Å². The van der Waals surface area contributed by atoms with Crippen LogP contribution in [0.15, 0.2) is 24.3 Å². The molecule has 1 amide bonds. The largest absolute Gasteiger partial charge is 0.480 e. The molecule has 0 spiro atoms. The summed E-state index contributed by atoms with van der Waals surface area (Å²) in [5.41, 5.74) is 0.532. The molecule has 1 aliphatic carbocycles. The lowest BCUT2D eigenvalue weighted by Crippen LogP contribution is -2.42. The molecular weight excluding hydrogens is 370 g/mol. The maximum Gasteiger partial charge on any atom is 0.326 e. The van der Waals surface area contributed by atoms with E-state index in [0.717, 1.165) is 12.8 Å². The van der Waals surface area contributed by atoms with E-state index in [2.05, 4.69) is 10.1 Å². The summed E-state index contributed by atoms with van der Waals surface area (Å²) >= 11 is 6.18. The molecule has 138 valence electrons. The Balaban J connectivity index is 1.89. The molecule has 0 radical (unpaired) electrons. The van der Waals surface area contributed by atoms with Crippen LogP contribution < -0.4 is 5.32 Å². The molecule has 0 saturated heterocycles. The molecule has 0 aliphatic heterocycles. The van der Waals surface area contributed by atoms with Crippen LogP contribution in [0.3, 0.4) is 0 Å². The third kappa shape index (κ3) is 3.98. The molecule has 1 fully saturated rings. The first kappa shape index (κ1) is 18.2. The first-order valence-corrected chi connectivity index (χ1v) is 8.28. The van der Waals surface area contributed by atoms with Crippen molar-refractivity contribution in [2.24, 2.45) is 0 Å². The van der Waals surface area contributed by atoms with E-state index in [1.165, 1.54) is 4.68 Å². The summed E-state index contributed by atoms with van der Waals surface area (Å²) in [6, 6.07) is 5.15. The Labute approximate surface area is 152 Å². The van der Waals surface area contributed by atoms with Crippen molar-refractivity contribution in [3.05, 3.63) is 40.9 Å². The Morgan fingerprint density at radius 3 is 2.62 bits per heavy atom. The number of alkyl halides is 2. The number of benzene rings is 1. The third-order valence-electron chi connectivity index (χ3n) is 3.88. The second-order valence-corrected chi connectivity index (χ2v) is 6.33. The minimum atomic E-state index is -2.87. The van der Waals surface area contributed by atoms with Gasteiger partial charge in [0.05, 0.1) is 10.7 Å². The second-order valence-electron chi connectivity index (χ2n) is 5.92. The van der Waals surface area contributed by atoms with Crippen molar-refractivity contribution in [1.29, 1.82) is 0 Å². The van der Waals surface area contributed by atoms with Gasteiger partial charge in [0, 0.05) is 12.3 Å². The number of carbonyl (C=O) groups excluding carboxylic acids is 1. The van der Waals surface area contributed by atoms with Gasteiger partial charge in [-0.1, -0.05) is 23.7 Å². The van der Waals surface area contributed by atoms with Gasteiger partial charge in [0.15, 0.2) is 0 Å². The number of para-hydroxylation sites is 1. The maximum absolute atomic E-state index is 12.5. The molecule has 1 aromatic carbocycles. The number of rotatable bonds is 7. The summed E-state index contributed by atoms with van der Waals surface area (Å²) < 4.78 is 26.4. The van der Waals surface area contributed by atoms with Crippen LogP contribution >= 0.6 is 11.6 Å². The number of hydrogen-bond acceptors (Lipinski definition) is 4. The zero-order chi connectivity index (χ0) is 18.8. The number of hydrogen-bond donors (Lipinski definition) is 2. The smallest absolute Gasteiger partial charge is 0.326 e. The molecule has 2 N–H and O–H groups in total. The summed E-state index contributed by atoms with van der Waals surface area (Å²) in [5, 5.41) is 15.6. The van der Waals surface area contributed by atoms with Crippen LogP contribution in [-0.4, -0.2) is 44.2 Å². The summed E-state index contributed by atoms with van der Waals surface area (Å²) in [6.45, 7) is 0. The number of carboxylic acid groups (broad SMARTS) is 1. The molecule has 1 atom stereocenters. The molecule has 7 nitrogen and oxygen atoms in total. The molecule has 0 bridgehead atoms. The predicted octanol–water partition coefficient (Wildman–Crippen LogP) is 2.64. The van der Waals surface area contributed by atoms with Gasteiger partial charge in [-0.05, 0) is 25.0 Å². The molecule has 26 heavy (non-hydrogen) atoms. The predicted molar refractivity (Wildman–Crippen MR) is 87.9 cm³/mol. The summed E-state index contributed by atoms with van der Waals surface area (Å²) in [4.78, 5) is 27.5. The minimum Gasteiger partial charge on any atom is -0.480 e. The van der Waals surface area contributed by atoms with Gasteiger partial charge in [-0.2, -0.15) is 0 Å². The molecule has 1 unspecified atom stereocenters. The van der Waals surface area contributed by atoms with E-state index in [4.69, 9.17) is 16.7 Å². The number of carboxylic acids is 1. The molecule has 1 saturated carbocycles. The van der Waals surface area contributed by atoms with Crippen molar-refractivity contribution >= 4 is 23.5 Å². The van der Waals surface area contributed by atoms with Crippen LogP contribution in [0.2, 0.25) is 5.02 Å². The summed E-state index contributed by atoms with van der Waals surface area (Å²) in [6.07, 6.45) is -2.10. The van der Waals surface area contributed by atoms with E-state index in [1.807, 2.05) is 5.32 Å². The fraction of sp³-hybridized carbons (Fsp3) is 0.375. The van der Waals surface area contributed by atoms with Crippen molar-refractivity contribution in [3.8, 4) is 5.69 Å². The number of aromatic nitrogens is 3. The highest BCUT2D eigenvalue weighted by Crippen LogP contribution is 2.40. The summed E-state index contributed by atoms with van der Waals surface area (Å²) in [5.74, 6) is -2.11. The van der Waals surface area contributed by atoms with Crippen molar-refractivity contribution in [2.45, 2.75) is 37.6 Å². The van der Waals surface area contributed by atoms with Gasteiger partial charge >= 0.3 is 5.97 Å². The van der Waals surface area contributed by atoms with Crippen molar-refractivity contribution in [2.75, 3.05) is 0 Å². The zero-order valence-electron chi connectivity index (χ0n) is 13.4. The SMILES string of the molecule is O=C(NC(CC(F)F)C(=O)O)c1nc(C2CC2)n(-c2ccccc2Cl)n1. The highest BCUT2D eigenvalue weighted by Gasteiger charge is 2.33. The van der Waals surface area contributed by atoms with Crippen molar-refractivity contribution in [3.63, 3.8) is 0 Å². The Hall–Kier alpha value is -2.55. The number of nitrogens with one attached hydrogen (secondary N) is 1. The normalized spacial score (nSPS) is 15.1. The zero-order valence-corrected chi connectivity index (χ0v) is 14.2. The lowest BCUT2D eigenvalue weighted by atomic mass is 10.2. The van der Waals surface area contributed by atoms with Crippen LogP contribution in [0.25, 0.3) is 5.69 Å². The van der Waals surface area contributed by atoms with Crippen molar-refractivity contribution in [1.82, 2.24) is 20.1 Å². The highest BCUT2D eigenvalue weighted by molar-refractivity contribution is 6.32. The summed E-state index contributed by atoms with van der Waals surface area (Å²) in [7, 11) is 0. The number of amides is 1. The monoisotopic (exact) mass is 384 g/mol. The van der Waals surface area contributed by atoms with E-state index >= 15 is 0 Å². The molecule has 1 heterocycles. The third-order valence-corrected chi connectivity index (χ3v) is 4.20. The Morgan fingerprint density at radius 2 is 2.04 bits per heavy atom. The van der Waals surface area contributed by atoms with Gasteiger partial charge in [-0.15, -0.1) is 5.10 Å². The van der Waals surface area contributed by atoms with Crippen LogP contribution in [-0.2, 0) is 4.79 Å². The maximum atomic E-state index is 12.5. The number of halogens is 3. The van der Waals surface area contributed by atoms with Gasteiger partial charge in [0.2, 0.25) is 12.2 Å². The van der Waals surface area contributed by atoms with Crippen LogP contribution in [0, 0.1) is 0 Å². The van der Waals surface area contributed by atoms with Gasteiger partial charge < -0.3 is 10.4 Å². The van der Waals surface area contributed by atoms with Gasteiger partial charge in [-0.3, -0.25) is 4.79 Å². The first-order valence-electron chi connectivity index (χ1n) is 7.90. The topological polar surface area (TPSA) is 97.1 Å². The Bertz CT molecular complexity index is 839. The molecule has 3 rings (SSSR count). The van der Waals surface area contributed by atoms with E-state index < -0.39 is 30.8 Å². The van der Waals surface area contributed by atoms with Gasteiger partial charge in [0.25, 0.3) is 5.91 Å². The Morgan fingerprint density at radius 1 is 1.35 bits per heavy atom. The van der Waals surface area contributed by atoms with E-state index in [9.17, 15) is 18.4 Å². The number of aliphatic carboxylic acids is 1. The van der Waals surface area contributed by atoms with Gasteiger partial charge in [0.1, 0.15) is 11.9 Å². The fourth-order valence-electron chi connectivity index (χ4n) is 2.45. The lowest BCUT2D eigenvalue weighted by Gasteiger charge is -2.12. The average molecular weight is 385 g/mol. The van der Waals surface area contributed by atoms with Gasteiger partial charge in [-0.25, -0.2) is 23.2 Å². The van der Waals surface area contributed by atoms with Crippen molar-refractivity contribution < 1.29 is 23.5 Å². The average Bonchev–Trinajstić information content (AvgIpc) is 3.33. The van der Waals surface area contributed by atoms with E-state index in [0.29, 0.717) is 16.5 Å². The highest BCUT2D eigenvalue weighted by atomic mass is 35.5. The van der Waals surface area contributed by atoms with E-state index in [1.54, 1.807) is 24.3 Å². The molecule has 10 heteroatoms. The fourth-order valence-corrected chi connectivity index (χ4v) is 2.67. The standard InChI is InChI=1S/C16H15ClF2N4O3/c17-9-3-1-2-4-11(9)23-14(8-5-6-8)21-13(22-23)15(24)20-10(16(25)26)7-12(18)19/h1-4,8,10,12H,5-7H2,(H,20,24)(H,25,26). The molecule has 1 aromatic heterocycles. The Kier molecular flexibility index (Phi) is 5.17. The van der Waals surface area contributed by atoms with E-state index in [-0.39, 0.29) is 11.7 Å². The molecular formula is C16H15ClF2N4O3. The van der Waals surface area contributed by atoms with Crippen LogP contribution in [0.4, 0.5) is 8.78 Å². The molecule has 1 aliphatic rings. The van der Waals surface area contributed by atoms with Crippen LogP contribution in [0.1, 0.15) is 41.6 Å². The number of nitrogens with zero attached hydrogens (tertiary/aromatic N) is 3. The second kappa shape index (κ2) is 7.36. The number of carbonyl (C=O) groups is 2. The molecule has 2 aromatic rings.